The average Bonchev–Trinajstić information content (AvgIpc) is 2.42. The van der Waals surface area contributed by atoms with Crippen molar-refractivity contribution in [1.82, 2.24) is 0 Å². The SMILES string of the molecule is Oc1cc2cc(Cl)sc2cc1C(F)F. The van der Waals surface area contributed by atoms with Crippen molar-refractivity contribution in [3.8, 4) is 5.75 Å². The quantitative estimate of drug-likeness (QED) is 0.784. The minimum atomic E-state index is -2.67. The van der Waals surface area contributed by atoms with Gasteiger partial charge in [0.1, 0.15) is 5.75 Å². The lowest BCUT2D eigenvalue weighted by Gasteiger charge is -2.02. The number of thiophene rings is 1. The number of benzene rings is 1. The predicted octanol–water partition coefficient (Wildman–Crippen LogP) is 4.20. The summed E-state index contributed by atoms with van der Waals surface area (Å²) in [6.45, 7) is 0. The maximum Gasteiger partial charge on any atom is 0.267 e. The van der Waals surface area contributed by atoms with Crippen LogP contribution in [-0.2, 0) is 0 Å². The van der Waals surface area contributed by atoms with E-state index >= 15 is 0 Å². The highest BCUT2D eigenvalue weighted by atomic mass is 35.5. The number of hydrogen-bond donors (Lipinski definition) is 1. The summed E-state index contributed by atoms with van der Waals surface area (Å²) in [5.41, 5.74) is -0.351. The molecule has 2 rings (SSSR count). The molecule has 0 bridgehead atoms. The van der Waals surface area contributed by atoms with Gasteiger partial charge in [-0.05, 0) is 23.6 Å². The van der Waals surface area contributed by atoms with E-state index in [-0.39, 0.29) is 11.3 Å². The molecule has 0 fully saturated rings. The molecular formula is C9H5ClF2OS. The molecule has 1 nitrogen and oxygen atoms in total. The lowest BCUT2D eigenvalue weighted by molar-refractivity contribution is 0.147. The Kier molecular flexibility index (Phi) is 2.33. The van der Waals surface area contributed by atoms with Crippen LogP contribution in [0, 0.1) is 0 Å². The van der Waals surface area contributed by atoms with E-state index in [4.69, 9.17) is 11.6 Å². The second kappa shape index (κ2) is 3.37. The van der Waals surface area contributed by atoms with Crippen LogP contribution in [0.25, 0.3) is 10.1 Å². The van der Waals surface area contributed by atoms with Gasteiger partial charge in [0.05, 0.1) is 9.90 Å². The van der Waals surface area contributed by atoms with Crippen LogP contribution in [0.2, 0.25) is 4.34 Å². The zero-order valence-electron chi connectivity index (χ0n) is 6.80. The number of phenols is 1. The molecule has 0 radical (unpaired) electrons. The van der Waals surface area contributed by atoms with Gasteiger partial charge in [-0.1, -0.05) is 11.6 Å². The van der Waals surface area contributed by atoms with Gasteiger partial charge in [0, 0.05) is 4.70 Å². The topological polar surface area (TPSA) is 20.2 Å². The number of hydrogen-bond acceptors (Lipinski definition) is 2. The summed E-state index contributed by atoms with van der Waals surface area (Å²) in [5, 5.41) is 9.95. The van der Waals surface area contributed by atoms with Crippen LogP contribution in [0.4, 0.5) is 8.78 Å². The first-order chi connectivity index (χ1) is 6.58. The second-order valence-electron chi connectivity index (χ2n) is 2.80. The van der Waals surface area contributed by atoms with Crippen molar-refractivity contribution >= 4 is 33.0 Å². The zero-order chi connectivity index (χ0) is 10.3. The number of rotatable bonds is 1. The van der Waals surface area contributed by atoms with Crippen molar-refractivity contribution in [2.24, 2.45) is 0 Å². The molecule has 14 heavy (non-hydrogen) atoms. The monoisotopic (exact) mass is 234 g/mol. The summed E-state index contributed by atoms with van der Waals surface area (Å²) >= 11 is 6.93. The van der Waals surface area contributed by atoms with E-state index in [9.17, 15) is 13.9 Å². The van der Waals surface area contributed by atoms with Crippen LogP contribution < -0.4 is 0 Å². The maximum atomic E-state index is 12.4. The molecule has 1 N–H and O–H groups in total. The smallest absolute Gasteiger partial charge is 0.267 e. The molecule has 0 spiro atoms. The molecule has 1 aromatic carbocycles. The normalized spacial score (nSPS) is 11.4. The van der Waals surface area contributed by atoms with Crippen LogP contribution in [0.15, 0.2) is 18.2 Å². The Morgan fingerprint density at radius 2 is 2.00 bits per heavy atom. The van der Waals surface area contributed by atoms with Gasteiger partial charge in [0.25, 0.3) is 6.43 Å². The van der Waals surface area contributed by atoms with Crippen molar-refractivity contribution in [3.05, 3.63) is 28.1 Å². The molecule has 2 aromatic rings. The van der Waals surface area contributed by atoms with E-state index in [1.807, 2.05) is 0 Å². The number of phenolic OH excluding ortho intramolecular Hbond substituents is 1. The Morgan fingerprint density at radius 3 is 2.64 bits per heavy atom. The molecule has 5 heteroatoms. The molecule has 0 aliphatic rings. The van der Waals surface area contributed by atoms with Gasteiger partial charge in [0.2, 0.25) is 0 Å². The fraction of sp³-hybridized carbons (Fsp3) is 0.111. The Labute approximate surface area is 87.5 Å². The van der Waals surface area contributed by atoms with Crippen LogP contribution in [0.5, 0.6) is 5.75 Å². The van der Waals surface area contributed by atoms with Gasteiger partial charge < -0.3 is 5.11 Å². The molecule has 0 aliphatic heterocycles. The minimum Gasteiger partial charge on any atom is -0.507 e. The van der Waals surface area contributed by atoms with Crippen molar-refractivity contribution in [3.63, 3.8) is 0 Å². The van der Waals surface area contributed by atoms with E-state index in [1.54, 1.807) is 6.07 Å². The highest BCUT2D eigenvalue weighted by Crippen LogP contribution is 2.37. The Balaban J connectivity index is 2.70. The van der Waals surface area contributed by atoms with Crippen LogP contribution in [0.1, 0.15) is 12.0 Å². The van der Waals surface area contributed by atoms with Crippen LogP contribution in [-0.4, -0.2) is 5.11 Å². The van der Waals surface area contributed by atoms with Crippen LogP contribution >= 0.6 is 22.9 Å². The summed E-state index contributed by atoms with van der Waals surface area (Å²) in [7, 11) is 0. The van der Waals surface area contributed by atoms with Crippen molar-refractivity contribution in [2.75, 3.05) is 0 Å². The molecule has 0 aliphatic carbocycles. The first kappa shape index (κ1) is 9.68. The molecule has 0 saturated heterocycles. The lowest BCUT2D eigenvalue weighted by Crippen LogP contribution is -1.83. The largest absolute Gasteiger partial charge is 0.507 e. The molecule has 0 unspecified atom stereocenters. The highest BCUT2D eigenvalue weighted by molar-refractivity contribution is 7.22. The predicted molar refractivity (Wildman–Crippen MR) is 53.5 cm³/mol. The van der Waals surface area contributed by atoms with Gasteiger partial charge >= 0.3 is 0 Å². The Hall–Kier alpha value is -0.870. The van der Waals surface area contributed by atoms with Crippen LogP contribution in [0.3, 0.4) is 0 Å². The molecule has 74 valence electrons. The van der Waals surface area contributed by atoms with Crippen molar-refractivity contribution in [2.45, 2.75) is 6.43 Å². The summed E-state index contributed by atoms with van der Waals surface area (Å²) in [6, 6.07) is 4.21. The Bertz CT molecular complexity index is 481. The van der Waals surface area contributed by atoms with Gasteiger partial charge in [-0.15, -0.1) is 11.3 Å². The number of fused-ring (bicyclic) bond motifs is 1. The zero-order valence-corrected chi connectivity index (χ0v) is 8.37. The highest BCUT2D eigenvalue weighted by Gasteiger charge is 2.14. The minimum absolute atomic E-state index is 0.351. The third-order valence-electron chi connectivity index (χ3n) is 1.87. The number of aromatic hydroxyl groups is 1. The van der Waals surface area contributed by atoms with E-state index in [0.717, 1.165) is 0 Å². The van der Waals surface area contributed by atoms with Gasteiger partial charge in [0.15, 0.2) is 0 Å². The van der Waals surface area contributed by atoms with E-state index in [2.05, 4.69) is 0 Å². The van der Waals surface area contributed by atoms with E-state index in [0.29, 0.717) is 14.4 Å². The first-order valence-electron chi connectivity index (χ1n) is 3.78. The number of alkyl halides is 2. The second-order valence-corrected chi connectivity index (χ2v) is 4.52. The summed E-state index contributed by atoms with van der Waals surface area (Å²) in [6.07, 6.45) is -2.67. The first-order valence-corrected chi connectivity index (χ1v) is 4.97. The maximum absolute atomic E-state index is 12.4. The number of halogens is 3. The molecule has 0 amide bonds. The van der Waals surface area contributed by atoms with Gasteiger partial charge in [-0.3, -0.25) is 0 Å². The fourth-order valence-corrected chi connectivity index (χ4v) is 2.42. The summed E-state index contributed by atoms with van der Waals surface area (Å²) in [4.78, 5) is 0. The molecular weight excluding hydrogens is 230 g/mol. The standard InChI is InChI=1S/C9H5ClF2OS/c10-8-2-4-1-6(13)5(9(11)12)3-7(4)14-8/h1-3,9,13H. The van der Waals surface area contributed by atoms with Gasteiger partial charge in [-0.25, -0.2) is 8.78 Å². The summed E-state index contributed by atoms with van der Waals surface area (Å²) in [5.74, 6) is -0.387. The molecule has 0 saturated carbocycles. The van der Waals surface area contributed by atoms with E-state index in [1.165, 1.54) is 23.5 Å². The third kappa shape index (κ3) is 1.55. The van der Waals surface area contributed by atoms with Gasteiger partial charge in [-0.2, -0.15) is 0 Å². The van der Waals surface area contributed by atoms with Crippen molar-refractivity contribution < 1.29 is 13.9 Å². The average molecular weight is 235 g/mol. The molecule has 1 aromatic heterocycles. The fourth-order valence-electron chi connectivity index (χ4n) is 1.23. The summed E-state index contributed by atoms with van der Waals surface area (Å²) < 4.78 is 25.9. The van der Waals surface area contributed by atoms with E-state index < -0.39 is 6.43 Å². The third-order valence-corrected chi connectivity index (χ3v) is 3.10. The molecule has 0 atom stereocenters. The van der Waals surface area contributed by atoms with Crippen molar-refractivity contribution in [1.29, 1.82) is 0 Å². The lowest BCUT2D eigenvalue weighted by atomic mass is 10.1. The Morgan fingerprint density at radius 1 is 1.29 bits per heavy atom. The molecule has 1 heterocycles.